The smallest absolute Gasteiger partial charge is 0.250 e. The summed E-state index contributed by atoms with van der Waals surface area (Å²) in [6.07, 6.45) is 3.45. The summed E-state index contributed by atoms with van der Waals surface area (Å²) in [6, 6.07) is 23.1. The summed E-state index contributed by atoms with van der Waals surface area (Å²) in [5.74, 6) is 1.28. The zero-order valence-corrected chi connectivity index (χ0v) is 17.9. The third kappa shape index (κ3) is 5.51. The molecule has 0 amide bonds. The highest BCUT2D eigenvalue weighted by Gasteiger charge is 2.07. The second-order valence-corrected chi connectivity index (χ2v) is 7.27. The Balaban J connectivity index is 1.28. The van der Waals surface area contributed by atoms with E-state index in [0.717, 1.165) is 22.4 Å². The minimum absolute atomic E-state index is 0.00359. The molecule has 7 heteroatoms. The highest BCUT2D eigenvalue weighted by molar-refractivity contribution is 5.79. The molecule has 0 saturated heterocycles. The zero-order valence-electron chi connectivity index (χ0n) is 17.9. The van der Waals surface area contributed by atoms with Crippen molar-refractivity contribution in [2.45, 2.75) is 19.6 Å². The van der Waals surface area contributed by atoms with Gasteiger partial charge in [0.05, 0.1) is 18.8 Å². The Morgan fingerprint density at radius 2 is 1.66 bits per heavy atom. The number of rotatable bonds is 7. The van der Waals surface area contributed by atoms with Gasteiger partial charge in [-0.3, -0.25) is 9.79 Å². The van der Waals surface area contributed by atoms with Gasteiger partial charge in [-0.1, -0.05) is 48.5 Å². The van der Waals surface area contributed by atoms with Crippen LogP contribution in [0.3, 0.4) is 0 Å². The van der Waals surface area contributed by atoms with Gasteiger partial charge < -0.3 is 19.6 Å². The topological polar surface area (TPSA) is 84.5 Å². The molecule has 0 spiro atoms. The van der Waals surface area contributed by atoms with E-state index in [1.54, 1.807) is 36.2 Å². The van der Waals surface area contributed by atoms with E-state index >= 15 is 0 Å². The maximum Gasteiger partial charge on any atom is 0.250 e. The maximum absolute atomic E-state index is 11.9. The van der Waals surface area contributed by atoms with E-state index in [1.165, 1.54) is 0 Å². The summed E-state index contributed by atoms with van der Waals surface area (Å²) in [4.78, 5) is 20.6. The van der Waals surface area contributed by atoms with Crippen molar-refractivity contribution in [1.29, 1.82) is 0 Å². The predicted molar refractivity (Wildman–Crippen MR) is 125 cm³/mol. The first-order valence-corrected chi connectivity index (χ1v) is 10.4. The molecule has 2 N–H and O–H groups in total. The van der Waals surface area contributed by atoms with Crippen LogP contribution in [0.25, 0.3) is 11.5 Å². The summed E-state index contributed by atoms with van der Waals surface area (Å²) in [5, 5.41) is 6.55. The van der Waals surface area contributed by atoms with Crippen LogP contribution in [0.15, 0.2) is 99.5 Å². The standard InChI is InChI=1S/C25H25N5O2/c1-26-25(28-16-22-18-32-24(29-22)21-7-3-2-4-8-21)27-15-19-10-12-20(13-11-19)17-30-14-6-5-9-23(30)31/h2-14,18H,15-17H2,1H3,(H2,26,27,28). The Hall–Kier alpha value is -4.13. The Morgan fingerprint density at radius 1 is 0.938 bits per heavy atom. The van der Waals surface area contributed by atoms with E-state index in [2.05, 4.69) is 20.6 Å². The van der Waals surface area contributed by atoms with E-state index in [4.69, 9.17) is 4.42 Å². The lowest BCUT2D eigenvalue weighted by molar-refractivity contribution is 0.572. The van der Waals surface area contributed by atoms with Crippen molar-refractivity contribution < 1.29 is 4.42 Å². The molecule has 0 aliphatic rings. The number of benzene rings is 2. The summed E-state index contributed by atoms with van der Waals surface area (Å²) in [5.41, 5.74) is 3.93. The lowest BCUT2D eigenvalue weighted by atomic mass is 10.1. The largest absolute Gasteiger partial charge is 0.444 e. The second-order valence-electron chi connectivity index (χ2n) is 7.27. The van der Waals surface area contributed by atoms with E-state index in [0.29, 0.717) is 31.5 Å². The third-order valence-corrected chi connectivity index (χ3v) is 4.97. The number of aromatic nitrogens is 2. The van der Waals surface area contributed by atoms with E-state index in [1.807, 2.05) is 60.7 Å². The van der Waals surface area contributed by atoms with Gasteiger partial charge in [0.15, 0.2) is 5.96 Å². The summed E-state index contributed by atoms with van der Waals surface area (Å²) < 4.78 is 7.26. The van der Waals surface area contributed by atoms with Crippen molar-refractivity contribution in [2.24, 2.45) is 4.99 Å². The average Bonchev–Trinajstić information content (AvgIpc) is 3.31. The van der Waals surface area contributed by atoms with E-state index in [-0.39, 0.29) is 5.56 Å². The summed E-state index contributed by atoms with van der Waals surface area (Å²) >= 11 is 0. The predicted octanol–water partition coefficient (Wildman–Crippen LogP) is 3.42. The van der Waals surface area contributed by atoms with Crippen LogP contribution in [0, 0.1) is 0 Å². The number of guanidine groups is 1. The number of oxazole rings is 1. The molecular formula is C25H25N5O2. The number of aliphatic imine (C=N–C) groups is 1. The monoisotopic (exact) mass is 427 g/mol. The highest BCUT2D eigenvalue weighted by Crippen LogP contribution is 2.17. The van der Waals surface area contributed by atoms with Crippen LogP contribution in [0.4, 0.5) is 0 Å². The van der Waals surface area contributed by atoms with Gasteiger partial charge in [0.2, 0.25) is 5.89 Å². The Morgan fingerprint density at radius 3 is 2.41 bits per heavy atom. The molecule has 2 heterocycles. The van der Waals surface area contributed by atoms with Crippen LogP contribution in [-0.2, 0) is 19.6 Å². The van der Waals surface area contributed by atoms with Crippen LogP contribution in [0.1, 0.15) is 16.8 Å². The van der Waals surface area contributed by atoms with Gasteiger partial charge in [0.25, 0.3) is 5.56 Å². The van der Waals surface area contributed by atoms with Gasteiger partial charge >= 0.3 is 0 Å². The first kappa shape index (κ1) is 21.1. The molecule has 0 saturated carbocycles. The first-order valence-electron chi connectivity index (χ1n) is 10.4. The number of hydrogen-bond donors (Lipinski definition) is 2. The Bertz CT molecular complexity index is 1230. The van der Waals surface area contributed by atoms with Crippen molar-refractivity contribution in [2.75, 3.05) is 7.05 Å². The Labute approximate surface area is 186 Å². The molecule has 7 nitrogen and oxygen atoms in total. The van der Waals surface area contributed by atoms with Crippen molar-refractivity contribution in [3.63, 3.8) is 0 Å². The quantitative estimate of drug-likeness (QED) is 0.349. The number of pyridine rings is 1. The first-order chi connectivity index (χ1) is 15.7. The molecule has 32 heavy (non-hydrogen) atoms. The van der Waals surface area contributed by atoms with Crippen LogP contribution in [-0.4, -0.2) is 22.6 Å². The van der Waals surface area contributed by atoms with Gasteiger partial charge in [-0.15, -0.1) is 0 Å². The van der Waals surface area contributed by atoms with Crippen molar-refractivity contribution >= 4 is 5.96 Å². The van der Waals surface area contributed by atoms with E-state index in [9.17, 15) is 4.79 Å². The summed E-state index contributed by atoms with van der Waals surface area (Å²) in [6.45, 7) is 1.68. The minimum Gasteiger partial charge on any atom is -0.444 e. The molecule has 0 atom stereocenters. The van der Waals surface area contributed by atoms with Crippen LogP contribution < -0.4 is 16.2 Å². The number of nitrogens with one attached hydrogen (secondary N) is 2. The van der Waals surface area contributed by atoms with Crippen LogP contribution >= 0.6 is 0 Å². The SMILES string of the molecule is CN=C(NCc1ccc(Cn2ccccc2=O)cc1)NCc1coc(-c2ccccc2)n1. The fraction of sp³-hybridized carbons (Fsp3) is 0.160. The molecule has 0 aliphatic heterocycles. The van der Waals surface area contributed by atoms with E-state index < -0.39 is 0 Å². The molecule has 2 aromatic heterocycles. The van der Waals surface area contributed by atoms with Gasteiger partial charge in [-0.2, -0.15) is 0 Å². The van der Waals surface area contributed by atoms with Gasteiger partial charge in [0.1, 0.15) is 6.26 Å². The van der Waals surface area contributed by atoms with Gasteiger partial charge in [-0.25, -0.2) is 4.98 Å². The molecule has 0 radical (unpaired) electrons. The number of nitrogens with zero attached hydrogens (tertiary/aromatic N) is 3. The Kier molecular flexibility index (Phi) is 6.77. The minimum atomic E-state index is -0.00359. The highest BCUT2D eigenvalue weighted by atomic mass is 16.3. The zero-order chi connectivity index (χ0) is 22.2. The molecule has 2 aromatic carbocycles. The molecule has 0 unspecified atom stereocenters. The fourth-order valence-corrected chi connectivity index (χ4v) is 3.23. The van der Waals surface area contributed by atoms with Gasteiger partial charge in [-0.05, 0) is 29.3 Å². The van der Waals surface area contributed by atoms with Crippen molar-refractivity contribution in [1.82, 2.24) is 20.2 Å². The van der Waals surface area contributed by atoms with Crippen molar-refractivity contribution in [3.05, 3.63) is 112 Å². The molecule has 162 valence electrons. The third-order valence-electron chi connectivity index (χ3n) is 4.97. The summed E-state index contributed by atoms with van der Waals surface area (Å²) in [7, 11) is 1.73. The fourth-order valence-electron chi connectivity index (χ4n) is 3.23. The molecule has 0 aliphatic carbocycles. The molecule has 4 rings (SSSR count). The average molecular weight is 428 g/mol. The lowest BCUT2D eigenvalue weighted by Gasteiger charge is -2.11. The molecular weight excluding hydrogens is 402 g/mol. The van der Waals surface area contributed by atoms with Crippen LogP contribution in [0.2, 0.25) is 0 Å². The van der Waals surface area contributed by atoms with Crippen LogP contribution in [0.5, 0.6) is 0 Å². The maximum atomic E-state index is 11.9. The number of hydrogen-bond acceptors (Lipinski definition) is 4. The second kappa shape index (κ2) is 10.3. The normalized spacial score (nSPS) is 11.3. The lowest BCUT2D eigenvalue weighted by Crippen LogP contribution is -2.36. The molecule has 0 bridgehead atoms. The van der Waals surface area contributed by atoms with Gasteiger partial charge in [0, 0.05) is 31.4 Å². The van der Waals surface area contributed by atoms with Crippen molar-refractivity contribution in [3.8, 4) is 11.5 Å². The molecule has 4 aromatic rings. The molecule has 0 fully saturated rings.